The molecule has 3 rings (SSSR count). The van der Waals surface area contributed by atoms with Crippen LogP contribution in [0.25, 0.3) is 0 Å². The van der Waals surface area contributed by atoms with Crippen molar-refractivity contribution in [3.63, 3.8) is 0 Å². The van der Waals surface area contributed by atoms with Crippen LogP contribution in [0.5, 0.6) is 5.75 Å². The van der Waals surface area contributed by atoms with Gasteiger partial charge in [0.1, 0.15) is 0 Å². The zero-order chi connectivity index (χ0) is 16.8. The Hall–Kier alpha value is -2.11. The number of carbonyl (C=O) groups is 2. The lowest BCUT2D eigenvalue weighted by atomic mass is 9.72. The summed E-state index contributed by atoms with van der Waals surface area (Å²) in [5, 5.41) is 9.68. The number of hydrogen-bond donors (Lipinski definition) is 1. The molecule has 0 aromatic heterocycles. The van der Waals surface area contributed by atoms with Crippen molar-refractivity contribution >= 4 is 11.9 Å². The number of amides is 1. The number of fused-ring (bicyclic) bond motifs is 2. The maximum Gasteiger partial charge on any atom is 0.311 e. The van der Waals surface area contributed by atoms with Gasteiger partial charge in [-0.2, -0.15) is 0 Å². The molecular formula is C17H20FNO4. The molecule has 23 heavy (non-hydrogen) atoms. The Morgan fingerprint density at radius 3 is 2.74 bits per heavy atom. The Morgan fingerprint density at radius 1 is 1.43 bits per heavy atom. The summed E-state index contributed by atoms with van der Waals surface area (Å²) >= 11 is 0. The predicted octanol–water partition coefficient (Wildman–Crippen LogP) is 2.69. The Morgan fingerprint density at radius 2 is 2.17 bits per heavy atom. The third kappa shape index (κ3) is 2.11. The molecule has 0 spiro atoms. The van der Waals surface area contributed by atoms with Gasteiger partial charge in [-0.15, -0.1) is 0 Å². The summed E-state index contributed by atoms with van der Waals surface area (Å²) in [7, 11) is 1.32. The van der Waals surface area contributed by atoms with Crippen LogP contribution in [0.2, 0.25) is 0 Å². The highest BCUT2D eigenvalue weighted by molar-refractivity contribution is 5.98. The number of halogens is 1. The van der Waals surface area contributed by atoms with Gasteiger partial charge in [-0.1, -0.05) is 13.0 Å². The summed E-state index contributed by atoms with van der Waals surface area (Å²) in [5.41, 5.74) is -0.735. The zero-order valence-electron chi connectivity index (χ0n) is 13.2. The van der Waals surface area contributed by atoms with Crippen LogP contribution in [-0.4, -0.2) is 41.1 Å². The highest BCUT2D eigenvalue weighted by atomic mass is 19.1. The largest absolute Gasteiger partial charge is 0.493 e. The monoisotopic (exact) mass is 321 g/mol. The maximum atomic E-state index is 13.9. The Bertz CT molecular complexity index is 662. The first kappa shape index (κ1) is 15.8. The first-order valence-corrected chi connectivity index (χ1v) is 7.84. The molecule has 0 aliphatic carbocycles. The van der Waals surface area contributed by atoms with Crippen LogP contribution >= 0.6 is 0 Å². The SMILES string of the molecule is CC[C@@]1(C(=O)O)C[C@@H]2CC[C@H]1N2C(=O)c1cccc(F)c1OC. The van der Waals surface area contributed by atoms with Gasteiger partial charge in [0.25, 0.3) is 5.91 Å². The normalized spacial score (nSPS) is 28.9. The molecule has 2 aliphatic heterocycles. The first-order chi connectivity index (χ1) is 11.0. The molecule has 2 bridgehead atoms. The molecule has 1 aromatic rings. The fourth-order valence-corrected chi connectivity index (χ4v) is 4.27. The molecule has 2 aliphatic rings. The number of carboxylic acids is 1. The van der Waals surface area contributed by atoms with Crippen molar-refractivity contribution in [2.75, 3.05) is 7.11 Å². The van der Waals surface area contributed by atoms with Crippen molar-refractivity contribution < 1.29 is 23.8 Å². The second-order valence-electron chi connectivity index (χ2n) is 6.30. The van der Waals surface area contributed by atoms with Crippen LogP contribution in [0.4, 0.5) is 4.39 Å². The summed E-state index contributed by atoms with van der Waals surface area (Å²) in [6.45, 7) is 1.85. The van der Waals surface area contributed by atoms with Gasteiger partial charge >= 0.3 is 5.97 Å². The van der Waals surface area contributed by atoms with E-state index in [0.717, 1.165) is 6.42 Å². The Labute approximate surface area is 134 Å². The second-order valence-corrected chi connectivity index (χ2v) is 6.30. The van der Waals surface area contributed by atoms with Gasteiger partial charge in [-0.3, -0.25) is 9.59 Å². The van der Waals surface area contributed by atoms with Crippen molar-refractivity contribution in [3.8, 4) is 5.75 Å². The number of hydrogen-bond acceptors (Lipinski definition) is 3. The van der Waals surface area contributed by atoms with Crippen molar-refractivity contribution in [1.29, 1.82) is 0 Å². The van der Waals surface area contributed by atoms with Crippen LogP contribution in [0.15, 0.2) is 18.2 Å². The molecule has 0 radical (unpaired) electrons. The van der Waals surface area contributed by atoms with E-state index in [1.807, 2.05) is 6.92 Å². The highest BCUT2D eigenvalue weighted by Crippen LogP contribution is 2.52. The van der Waals surface area contributed by atoms with Crippen LogP contribution in [0, 0.1) is 11.2 Å². The molecule has 2 saturated heterocycles. The van der Waals surface area contributed by atoms with Gasteiger partial charge in [-0.25, -0.2) is 4.39 Å². The molecule has 1 amide bonds. The molecule has 5 nitrogen and oxygen atoms in total. The van der Waals surface area contributed by atoms with Gasteiger partial charge in [0.05, 0.1) is 18.1 Å². The fourth-order valence-electron chi connectivity index (χ4n) is 4.27. The topological polar surface area (TPSA) is 66.8 Å². The van der Waals surface area contributed by atoms with E-state index < -0.39 is 17.2 Å². The molecule has 6 heteroatoms. The lowest BCUT2D eigenvalue weighted by Crippen LogP contribution is -2.44. The number of carboxylic acid groups (broad SMARTS) is 1. The van der Waals surface area contributed by atoms with Crippen molar-refractivity contribution in [1.82, 2.24) is 4.90 Å². The van der Waals surface area contributed by atoms with E-state index in [1.165, 1.54) is 25.3 Å². The smallest absolute Gasteiger partial charge is 0.311 e. The van der Waals surface area contributed by atoms with Gasteiger partial charge in [0, 0.05) is 12.1 Å². The van der Waals surface area contributed by atoms with Gasteiger partial charge in [-0.05, 0) is 37.8 Å². The number of nitrogens with zero attached hydrogens (tertiary/aromatic N) is 1. The lowest BCUT2D eigenvalue weighted by Gasteiger charge is -2.32. The predicted molar refractivity (Wildman–Crippen MR) is 80.9 cm³/mol. The standard InChI is InChI=1S/C17H20FNO4/c1-3-17(16(21)22)9-10-7-8-13(17)19(10)15(20)11-5-4-6-12(18)14(11)23-2/h4-6,10,13H,3,7-9H2,1-2H3,(H,21,22)/t10-,13+,17+/m0/s1. The molecule has 0 unspecified atom stereocenters. The van der Waals surface area contributed by atoms with E-state index in [2.05, 4.69) is 0 Å². The van der Waals surface area contributed by atoms with E-state index in [0.29, 0.717) is 19.3 Å². The molecule has 1 N–H and O–H groups in total. The minimum Gasteiger partial charge on any atom is -0.493 e. The molecule has 0 saturated carbocycles. The maximum absolute atomic E-state index is 13.9. The van der Waals surface area contributed by atoms with E-state index >= 15 is 0 Å². The lowest BCUT2D eigenvalue weighted by molar-refractivity contribution is -0.151. The number of rotatable bonds is 4. The first-order valence-electron chi connectivity index (χ1n) is 7.84. The Kier molecular flexibility index (Phi) is 3.78. The number of methoxy groups -OCH3 is 1. The number of carbonyl (C=O) groups excluding carboxylic acids is 1. The minimum atomic E-state index is -0.890. The molecule has 2 fully saturated rings. The molecular weight excluding hydrogens is 301 g/mol. The molecule has 124 valence electrons. The summed E-state index contributed by atoms with van der Waals surface area (Å²) in [5.74, 6) is -1.87. The number of aliphatic carboxylic acids is 1. The van der Waals surface area contributed by atoms with E-state index in [4.69, 9.17) is 4.74 Å². The minimum absolute atomic E-state index is 0.0822. The summed E-state index contributed by atoms with van der Waals surface area (Å²) < 4.78 is 18.9. The van der Waals surface area contributed by atoms with E-state index in [9.17, 15) is 19.1 Å². The van der Waals surface area contributed by atoms with E-state index in [1.54, 1.807) is 4.90 Å². The number of benzene rings is 1. The average molecular weight is 321 g/mol. The van der Waals surface area contributed by atoms with Crippen LogP contribution in [0.3, 0.4) is 0 Å². The second kappa shape index (κ2) is 5.51. The molecule has 3 atom stereocenters. The third-order valence-electron chi connectivity index (χ3n) is 5.43. The van der Waals surface area contributed by atoms with Gasteiger partial charge in [0.15, 0.2) is 11.6 Å². The zero-order valence-corrected chi connectivity index (χ0v) is 13.2. The van der Waals surface area contributed by atoms with Crippen molar-refractivity contribution in [2.45, 2.75) is 44.7 Å². The average Bonchev–Trinajstić information content (AvgIpc) is 3.09. The molecule has 1 aromatic carbocycles. The van der Waals surface area contributed by atoms with Crippen molar-refractivity contribution in [3.05, 3.63) is 29.6 Å². The number of para-hydroxylation sites is 1. The van der Waals surface area contributed by atoms with E-state index in [-0.39, 0.29) is 29.3 Å². The molecule has 2 heterocycles. The number of ether oxygens (including phenoxy) is 1. The Balaban J connectivity index is 1.99. The van der Waals surface area contributed by atoms with Gasteiger partial charge in [0.2, 0.25) is 0 Å². The highest BCUT2D eigenvalue weighted by Gasteiger charge is 2.60. The fraction of sp³-hybridized carbons (Fsp3) is 0.529. The van der Waals surface area contributed by atoms with Crippen LogP contribution < -0.4 is 4.74 Å². The third-order valence-corrected chi connectivity index (χ3v) is 5.43. The summed E-state index contributed by atoms with van der Waals surface area (Å²) in [6.07, 6.45) is 2.41. The van der Waals surface area contributed by atoms with Crippen molar-refractivity contribution in [2.24, 2.45) is 5.41 Å². The quantitative estimate of drug-likeness (QED) is 0.926. The summed E-state index contributed by atoms with van der Waals surface area (Å²) in [6, 6.07) is 3.79. The van der Waals surface area contributed by atoms with Gasteiger partial charge < -0.3 is 14.7 Å². The van der Waals surface area contributed by atoms with Crippen LogP contribution in [-0.2, 0) is 4.79 Å². The van der Waals surface area contributed by atoms with Crippen LogP contribution in [0.1, 0.15) is 43.0 Å². The summed E-state index contributed by atoms with van der Waals surface area (Å²) in [4.78, 5) is 26.4.